The highest BCUT2D eigenvalue weighted by Gasteiger charge is 2.36. The molecule has 0 N–H and O–H groups in total. The summed E-state index contributed by atoms with van der Waals surface area (Å²) < 4.78 is 0. The number of rotatable bonds is 4. The number of carbonyl (C=O) groups excluding carboxylic acids is 2. The van der Waals surface area contributed by atoms with Crippen molar-refractivity contribution in [3.8, 4) is 0 Å². The van der Waals surface area contributed by atoms with Crippen molar-refractivity contribution in [3.63, 3.8) is 0 Å². The summed E-state index contributed by atoms with van der Waals surface area (Å²) in [6, 6.07) is 20.8. The fourth-order valence-electron chi connectivity index (χ4n) is 3.69. The molecule has 4 heteroatoms. The maximum atomic E-state index is 13.0. The van der Waals surface area contributed by atoms with Crippen LogP contribution >= 0.6 is 0 Å². The second kappa shape index (κ2) is 6.30. The van der Waals surface area contributed by atoms with Crippen LogP contribution in [0.15, 0.2) is 66.7 Å². The standard InChI is InChI=1S/C22H20N2O2/c1-15(21(25)23(2)14-16-8-4-3-5-9-16)24-19-13-7-11-17-10-6-12-18(20(17)19)22(24)26/h3-13,15H,14H2,1-2H3/t15-/m0/s1. The summed E-state index contributed by atoms with van der Waals surface area (Å²) in [4.78, 5) is 29.2. The minimum absolute atomic E-state index is 0.0768. The predicted octanol–water partition coefficient (Wildman–Crippen LogP) is 3.85. The number of hydrogen-bond acceptors (Lipinski definition) is 2. The summed E-state index contributed by atoms with van der Waals surface area (Å²) >= 11 is 0. The van der Waals surface area contributed by atoms with Crippen LogP contribution in [0.5, 0.6) is 0 Å². The highest BCUT2D eigenvalue weighted by molar-refractivity contribution is 6.26. The fourth-order valence-corrected chi connectivity index (χ4v) is 3.69. The third kappa shape index (κ3) is 2.54. The summed E-state index contributed by atoms with van der Waals surface area (Å²) in [6.45, 7) is 2.32. The summed E-state index contributed by atoms with van der Waals surface area (Å²) in [5, 5.41) is 1.96. The summed E-state index contributed by atoms with van der Waals surface area (Å²) in [5.74, 6) is -0.183. The van der Waals surface area contributed by atoms with Crippen molar-refractivity contribution in [1.82, 2.24) is 4.90 Å². The molecule has 2 amide bonds. The molecule has 3 aromatic rings. The highest BCUT2D eigenvalue weighted by atomic mass is 16.2. The van der Waals surface area contributed by atoms with Gasteiger partial charge >= 0.3 is 0 Å². The van der Waals surface area contributed by atoms with Gasteiger partial charge in [0.05, 0.1) is 5.69 Å². The molecule has 4 rings (SSSR count). The zero-order valence-corrected chi connectivity index (χ0v) is 14.8. The largest absolute Gasteiger partial charge is 0.340 e. The van der Waals surface area contributed by atoms with Crippen molar-refractivity contribution < 1.29 is 9.59 Å². The molecule has 0 unspecified atom stereocenters. The van der Waals surface area contributed by atoms with Crippen molar-refractivity contribution >= 4 is 28.3 Å². The Morgan fingerprint density at radius 1 is 1.00 bits per heavy atom. The van der Waals surface area contributed by atoms with E-state index in [1.807, 2.05) is 66.7 Å². The van der Waals surface area contributed by atoms with E-state index < -0.39 is 6.04 Å². The van der Waals surface area contributed by atoms with E-state index in [4.69, 9.17) is 0 Å². The van der Waals surface area contributed by atoms with Gasteiger partial charge in [0.25, 0.3) is 5.91 Å². The van der Waals surface area contributed by atoms with Gasteiger partial charge in [0, 0.05) is 24.5 Å². The van der Waals surface area contributed by atoms with Crippen LogP contribution in [0.3, 0.4) is 0 Å². The van der Waals surface area contributed by atoms with Gasteiger partial charge in [-0.2, -0.15) is 0 Å². The quantitative estimate of drug-likeness (QED) is 0.721. The molecular weight excluding hydrogens is 324 g/mol. The molecule has 1 atom stereocenters. The Hall–Kier alpha value is -3.14. The zero-order valence-electron chi connectivity index (χ0n) is 14.8. The van der Waals surface area contributed by atoms with Crippen molar-refractivity contribution in [2.24, 2.45) is 0 Å². The van der Waals surface area contributed by atoms with Gasteiger partial charge in [-0.25, -0.2) is 0 Å². The predicted molar refractivity (Wildman–Crippen MR) is 103 cm³/mol. The van der Waals surface area contributed by atoms with Crippen LogP contribution in [0.2, 0.25) is 0 Å². The number of carbonyl (C=O) groups is 2. The van der Waals surface area contributed by atoms with Crippen LogP contribution in [0.1, 0.15) is 22.8 Å². The van der Waals surface area contributed by atoms with Crippen LogP contribution in [0.25, 0.3) is 10.8 Å². The van der Waals surface area contributed by atoms with Crippen molar-refractivity contribution in [1.29, 1.82) is 0 Å². The first-order chi connectivity index (χ1) is 12.6. The van der Waals surface area contributed by atoms with Crippen LogP contribution in [0.4, 0.5) is 5.69 Å². The van der Waals surface area contributed by atoms with Gasteiger partial charge in [-0.3, -0.25) is 14.5 Å². The molecule has 130 valence electrons. The molecule has 0 saturated carbocycles. The molecule has 26 heavy (non-hydrogen) atoms. The van der Waals surface area contributed by atoms with E-state index in [1.165, 1.54) is 0 Å². The van der Waals surface area contributed by atoms with Crippen LogP contribution < -0.4 is 4.90 Å². The molecule has 3 aromatic carbocycles. The monoisotopic (exact) mass is 344 g/mol. The first-order valence-corrected chi connectivity index (χ1v) is 8.72. The number of likely N-dealkylation sites (N-methyl/N-ethyl adjacent to an activating group) is 1. The molecular formula is C22H20N2O2. The third-order valence-electron chi connectivity index (χ3n) is 4.97. The molecule has 0 radical (unpaired) electrons. The van der Waals surface area contributed by atoms with Gasteiger partial charge in [0.15, 0.2) is 0 Å². The lowest BCUT2D eigenvalue weighted by Gasteiger charge is -2.28. The normalized spacial score (nSPS) is 13.9. The average molecular weight is 344 g/mol. The molecule has 0 bridgehead atoms. The minimum Gasteiger partial charge on any atom is -0.340 e. The number of anilines is 1. The fraction of sp³-hybridized carbons (Fsp3) is 0.182. The van der Waals surface area contributed by atoms with E-state index in [-0.39, 0.29) is 11.8 Å². The Morgan fingerprint density at radius 2 is 1.69 bits per heavy atom. The van der Waals surface area contributed by atoms with E-state index in [0.717, 1.165) is 22.0 Å². The van der Waals surface area contributed by atoms with Crippen LogP contribution in [-0.4, -0.2) is 29.8 Å². The van der Waals surface area contributed by atoms with E-state index in [2.05, 4.69) is 0 Å². The lowest BCUT2D eigenvalue weighted by molar-refractivity contribution is -0.131. The van der Waals surface area contributed by atoms with Gasteiger partial charge in [-0.15, -0.1) is 0 Å². The zero-order chi connectivity index (χ0) is 18.3. The lowest BCUT2D eigenvalue weighted by Crippen LogP contribution is -2.47. The molecule has 1 aliphatic rings. The molecule has 0 spiro atoms. The molecule has 0 fully saturated rings. The Kier molecular flexibility index (Phi) is 3.96. The SMILES string of the molecule is C[C@@H](C(=O)N(C)Cc1ccccc1)N1C(=O)c2cccc3cccc1c23. The summed E-state index contributed by atoms with van der Waals surface area (Å²) in [5.41, 5.74) is 2.55. The molecule has 0 aromatic heterocycles. The van der Waals surface area contributed by atoms with Gasteiger partial charge in [-0.1, -0.05) is 54.6 Å². The lowest BCUT2D eigenvalue weighted by atomic mass is 10.1. The number of nitrogens with zero attached hydrogens (tertiary/aromatic N) is 2. The Bertz CT molecular complexity index is 992. The first kappa shape index (κ1) is 16.3. The smallest absolute Gasteiger partial charge is 0.259 e. The summed E-state index contributed by atoms with van der Waals surface area (Å²) in [6.07, 6.45) is 0. The Balaban J connectivity index is 1.63. The van der Waals surface area contributed by atoms with Crippen molar-refractivity contribution in [2.75, 3.05) is 11.9 Å². The second-order valence-corrected chi connectivity index (χ2v) is 6.71. The van der Waals surface area contributed by atoms with Crippen molar-refractivity contribution in [3.05, 3.63) is 77.9 Å². The van der Waals surface area contributed by atoms with Crippen molar-refractivity contribution in [2.45, 2.75) is 19.5 Å². The molecule has 4 nitrogen and oxygen atoms in total. The van der Waals surface area contributed by atoms with Gasteiger partial charge < -0.3 is 4.90 Å². The molecule has 0 saturated heterocycles. The third-order valence-corrected chi connectivity index (χ3v) is 4.97. The van der Waals surface area contributed by atoms with Gasteiger partial charge in [-0.05, 0) is 30.0 Å². The average Bonchev–Trinajstić information content (AvgIpc) is 2.95. The van der Waals surface area contributed by atoms with E-state index >= 15 is 0 Å². The molecule has 1 aliphatic heterocycles. The van der Waals surface area contributed by atoms with Crippen LogP contribution in [0, 0.1) is 0 Å². The summed E-state index contributed by atoms with van der Waals surface area (Å²) in [7, 11) is 1.78. The second-order valence-electron chi connectivity index (χ2n) is 6.71. The van der Waals surface area contributed by atoms with Gasteiger partial charge in [0.1, 0.15) is 6.04 Å². The number of benzene rings is 3. The number of amides is 2. The Morgan fingerprint density at radius 3 is 2.42 bits per heavy atom. The maximum Gasteiger partial charge on any atom is 0.259 e. The number of hydrogen-bond donors (Lipinski definition) is 0. The highest BCUT2D eigenvalue weighted by Crippen LogP contribution is 2.38. The van der Waals surface area contributed by atoms with Gasteiger partial charge in [0.2, 0.25) is 5.91 Å². The van der Waals surface area contributed by atoms with Crippen LogP contribution in [-0.2, 0) is 11.3 Å². The first-order valence-electron chi connectivity index (χ1n) is 8.72. The van der Waals surface area contributed by atoms with E-state index in [1.54, 1.807) is 23.8 Å². The van der Waals surface area contributed by atoms with E-state index in [0.29, 0.717) is 12.1 Å². The topological polar surface area (TPSA) is 40.6 Å². The molecule has 0 aliphatic carbocycles. The maximum absolute atomic E-state index is 13.0. The minimum atomic E-state index is -0.561. The Labute approximate surface area is 152 Å². The molecule has 1 heterocycles. The van der Waals surface area contributed by atoms with E-state index in [9.17, 15) is 9.59 Å².